The number of benzene rings is 2. The molecule has 0 fully saturated rings. The van der Waals surface area contributed by atoms with E-state index in [4.69, 9.17) is 21.6 Å². The molecule has 15 heteroatoms. The van der Waals surface area contributed by atoms with E-state index in [9.17, 15) is 34.1 Å². The van der Waals surface area contributed by atoms with Gasteiger partial charge in [-0.15, -0.1) is 12.3 Å². The number of anilines is 1. The highest BCUT2D eigenvalue weighted by molar-refractivity contribution is 5.98. The summed E-state index contributed by atoms with van der Waals surface area (Å²) in [6, 6.07) is 8.61. The summed E-state index contributed by atoms with van der Waals surface area (Å²) < 4.78 is 10.1. The summed E-state index contributed by atoms with van der Waals surface area (Å²) in [5.74, 6) is 0.836. The highest BCUT2D eigenvalue weighted by Crippen LogP contribution is 2.18. The van der Waals surface area contributed by atoms with Crippen molar-refractivity contribution in [1.29, 1.82) is 0 Å². The van der Waals surface area contributed by atoms with E-state index in [1.807, 2.05) is 0 Å². The Morgan fingerprint density at radius 2 is 1.65 bits per heavy atom. The van der Waals surface area contributed by atoms with Crippen LogP contribution in [0.4, 0.5) is 21.0 Å². The van der Waals surface area contributed by atoms with Gasteiger partial charge in [0.15, 0.2) is 0 Å². The third-order valence-corrected chi connectivity index (χ3v) is 6.42. The summed E-state index contributed by atoms with van der Waals surface area (Å²) in [4.78, 5) is 72.0. The second kappa shape index (κ2) is 18.9. The van der Waals surface area contributed by atoms with Crippen molar-refractivity contribution in [1.82, 2.24) is 16.0 Å². The Kier molecular flexibility index (Phi) is 15.0. The Morgan fingerprint density at radius 1 is 0.978 bits per heavy atom. The SMILES string of the molecule is C#CCCCC(=O)N[C@H](C(=O)N[C@@H](CCCNC(N)=O)C(=O)Nc1ccc(COC(=O)Oc2ccc([N+](=O)[O-])cc2)cc1)C(C)C. The highest BCUT2D eigenvalue weighted by atomic mass is 16.7. The topological polar surface area (TPSA) is 221 Å². The zero-order valence-electron chi connectivity index (χ0n) is 25.6. The minimum atomic E-state index is -1.01. The molecule has 15 nitrogen and oxygen atoms in total. The monoisotopic (exact) mass is 638 g/mol. The van der Waals surface area contributed by atoms with Crippen molar-refractivity contribution >= 4 is 41.3 Å². The fraction of sp³-hybridized carbons (Fsp3) is 0.387. The Labute approximate surface area is 266 Å². The van der Waals surface area contributed by atoms with Crippen molar-refractivity contribution in [3.63, 3.8) is 0 Å². The van der Waals surface area contributed by atoms with Gasteiger partial charge in [0.2, 0.25) is 17.7 Å². The average molecular weight is 639 g/mol. The maximum atomic E-state index is 13.2. The molecular weight excluding hydrogens is 600 g/mol. The van der Waals surface area contributed by atoms with Gasteiger partial charge in [-0.2, -0.15) is 0 Å². The average Bonchev–Trinajstić information content (AvgIpc) is 3.01. The number of ether oxygens (including phenoxy) is 2. The molecule has 0 aliphatic rings. The van der Waals surface area contributed by atoms with Crippen molar-refractivity contribution in [2.24, 2.45) is 11.7 Å². The minimum absolute atomic E-state index is 0.0721. The summed E-state index contributed by atoms with van der Waals surface area (Å²) in [5, 5.41) is 21.3. The predicted molar refractivity (Wildman–Crippen MR) is 167 cm³/mol. The van der Waals surface area contributed by atoms with Crippen LogP contribution >= 0.6 is 0 Å². The van der Waals surface area contributed by atoms with E-state index in [1.165, 1.54) is 24.3 Å². The third-order valence-electron chi connectivity index (χ3n) is 6.42. The number of primary amides is 1. The van der Waals surface area contributed by atoms with E-state index in [0.29, 0.717) is 30.5 Å². The first kappa shape index (κ1) is 36.5. The number of carbonyl (C=O) groups is 5. The molecule has 0 saturated heterocycles. The number of urea groups is 1. The van der Waals surface area contributed by atoms with Gasteiger partial charge in [-0.25, -0.2) is 9.59 Å². The molecule has 0 spiro atoms. The smallest absolute Gasteiger partial charge is 0.429 e. The van der Waals surface area contributed by atoms with Gasteiger partial charge in [-0.05, 0) is 55.0 Å². The van der Waals surface area contributed by atoms with Crippen LogP contribution < -0.4 is 31.7 Å². The van der Waals surface area contributed by atoms with Gasteiger partial charge in [0.25, 0.3) is 5.69 Å². The molecule has 0 heterocycles. The number of amides is 5. The zero-order chi connectivity index (χ0) is 34.1. The van der Waals surface area contributed by atoms with Crippen LogP contribution in [0.3, 0.4) is 0 Å². The van der Waals surface area contributed by atoms with Gasteiger partial charge in [0.1, 0.15) is 24.4 Å². The number of nitrogens with two attached hydrogens (primary N) is 1. The van der Waals surface area contributed by atoms with Crippen LogP contribution in [0, 0.1) is 28.4 Å². The minimum Gasteiger partial charge on any atom is -0.429 e. The van der Waals surface area contributed by atoms with Gasteiger partial charge in [-0.1, -0.05) is 26.0 Å². The molecule has 46 heavy (non-hydrogen) atoms. The number of nitro benzene ring substituents is 1. The Hall–Kier alpha value is -5.65. The van der Waals surface area contributed by atoms with E-state index in [1.54, 1.807) is 38.1 Å². The lowest BCUT2D eigenvalue weighted by Crippen LogP contribution is -2.54. The lowest BCUT2D eigenvalue weighted by molar-refractivity contribution is -0.384. The van der Waals surface area contributed by atoms with Crippen LogP contribution in [-0.2, 0) is 25.7 Å². The van der Waals surface area contributed by atoms with E-state index in [0.717, 1.165) is 0 Å². The summed E-state index contributed by atoms with van der Waals surface area (Å²) in [7, 11) is 0. The first-order valence-electron chi connectivity index (χ1n) is 14.4. The van der Waals surface area contributed by atoms with Crippen molar-refractivity contribution in [3.05, 3.63) is 64.2 Å². The number of nitrogens with one attached hydrogen (secondary N) is 4. The summed E-state index contributed by atoms with van der Waals surface area (Å²) in [5.41, 5.74) is 5.91. The molecule has 2 aromatic carbocycles. The lowest BCUT2D eigenvalue weighted by atomic mass is 10.0. The standard InChI is InChI=1S/C31H38N6O9/c1-4-5-6-9-26(38)36-27(20(2)3)29(40)35-25(8-7-18-33-30(32)41)28(39)34-22-12-10-21(11-13-22)19-45-31(42)46-24-16-14-23(15-17-24)37(43)44/h1,10-17,20,25,27H,5-9,18-19H2,2-3H3,(H,34,39)(H,35,40)(H,36,38)(H3,32,33,41)/t25-,27-/m0/s1. The lowest BCUT2D eigenvalue weighted by Gasteiger charge is -2.25. The van der Waals surface area contributed by atoms with E-state index in [-0.39, 0.29) is 49.3 Å². The number of hydrogen-bond acceptors (Lipinski definition) is 9. The normalized spacial score (nSPS) is 11.7. The van der Waals surface area contributed by atoms with Crippen LogP contribution in [0.1, 0.15) is 51.5 Å². The maximum Gasteiger partial charge on any atom is 0.514 e. The Bertz CT molecular complexity index is 1410. The van der Waals surface area contributed by atoms with Crippen molar-refractivity contribution in [2.45, 2.75) is 64.6 Å². The van der Waals surface area contributed by atoms with Gasteiger partial charge >= 0.3 is 12.2 Å². The highest BCUT2D eigenvalue weighted by Gasteiger charge is 2.28. The largest absolute Gasteiger partial charge is 0.514 e. The first-order chi connectivity index (χ1) is 21.9. The molecule has 246 valence electrons. The van der Waals surface area contributed by atoms with Crippen LogP contribution in [0.15, 0.2) is 48.5 Å². The fourth-order valence-electron chi connectivity index (χ4n) is 4.00. The van der Waals surface area contributed by atoms with Crippen LogP contribution in [0.25, 0.3) is 0 Å². The fourth-order valence-corrected chi connectivity index (χ4v) is 4.00. The molecule has 0 aliphatic heterocycles. The number of nitro groups is 1. The summed E-state index contributed by atoms with van der Waals surface area (Å²) in [6.45, 7) is 3.55. The number of unbranched alkanes of at least 4 members (excludes halogenated alkanes) is 1. The van der Waals surface area contributed by atoms with Crippen molar-refractivity contribution in [2.75, 3.05) is 11.9 Å². The Balaban J connectivity index is 1.99. The molecule has 0 radical (unpaired) electrons. The first-order valence-corrected chi connectivity index (χ1v) is 14.4. The molecule has 2 aromatic rings. The molecule has 0 saturated carbocycles. The molecule has 0 aliphatic carbocycles. The summed E-state index contributed by atoms with van der Waals surface area (Å²) in [6.07, 6.45) is 5.75. The van der Waals surface area contributed by atoms with Gasteiger partial charge < -0.3 is 36.5 Å². The second-order valence-electron chi connectivity index (χ2n) is 10.4. The quantitative estimate of drug-likeness (QED) is 0.0428. The Morgan fingerprint density at radius 3 is 2.24 bits per heavy atom. The molecular formula is C31H38N6O9. The predicted octanol–water partition coefficient (Wildman–Crippen LogP) is 3.13. The third kappa shape index (κ3) is 13.3. The number of non-ortho nitro benzene ring substituents is 1. The van der Waals surface area contributed by atoms with E-state index >= 15 is 0 Å². The molecule has 6 N–H and O–H groups in total. The van der Waals surface area contributed by atoms with Gasteiger partial charge in [0, 0.05) is 37.2 Å². The maximum absolute atomic E-state index is 13.2. The van der Waals surface area contributed by atoms with Gasteiger partial charge in [0.05, 0.1) is 4.92 Å². The van der Waals surface area contributed by atoms with Crippen molar-refractivity contribution in [3.8, 4) is 18.1 Å². The molecule has 0 bridgehead atoms. The second-order valence-corrected chi connectivity index (χ2v) is 10.4. The van der Waals surface area contributed by atoms with Crippen LogP contribution in [0.5, 0.6) is 5.75 Å². The number of nitrogens with zero attached hydrogens (tertiary/aromatic N) is 1. The summed E-state index contributed by atoms with van der Waals surface area (Å²) >= 11 is 0. The molecule has 2 atom stereocenters. The number of hydrogen-bond donors (Lipinski definition) is 5. The van der Waals surface area contributed by atoms with E-state index in [2.05, 4.69) is 27.2 Å². The molecule has 0 unspecified atom stereocenters. The van der Waals surface area contributed by atoms with Crippen molar-refractivity contribution < 1.29 is 38.4 Å². The number of carbonyl (C=O) groups excluding carboxylic acids is 5. The number of rotatable bonds is 17. The molecule has 2 rings (SSSR count). The molecule has 0 aromatic heterocycles. The zero-order valence-corrected chi connectivity index (χ0v) is 25.6. The number of terminal acetylenes is 1. The molecule has 5 amide bonds. The van der Waals surface area contributed by atoms with Crippen LogP contribution in [0.2, 0.25) is 0 Å². The van der Waals surface area contributed by atoms with Gasteiger partial charge in [-0.3, -0.25) is 24.5 Å². The van der Waals surface area contributed by atoms with E-state index < -0.39 is 41.0 Å². The van der Waals surface area contributed by atoms with Crippen LogP contribution in [-0.4, -0.2) is 53.5 Å².